The summed E-state index contributed by atoms with van der Waals surface area (Å²) in [6.45, 7) is 2.75. The highest BCUT2D eigenvalue weighted by molar-refractivity contribution is 8.00. The second-order valence-electron chi connectivity index (χ2n) is 4.96. The number of aromatic nitrogens is 3. The molecule has 3 rings (SSSR count). The van der Waals surface area contributed by atoms with Crippen molar-refractivity contribution in [2.24, 2.45) is 0 Å². The van der Waals surface area contributed by atoms with E-state index in [1.54, 1.807) is 0 Å². The van der Waals surface area contributed by atoms with E-state index in [0.717, 1.165) is 18.7 Å². The van der Waals surface area contributed by atoms with Gasteiger partial charge in [0.1, 0.15) is 0 Å². The molecule has 0 saturated heterocycles. The van der Waals surface area contributed by atoms with Gasteiger partial charge >= 0.3 is 5.97 Å². The number of esters is 1. The van der Waals surface area contributed by atoms with Gasteiger partial charge in [-0.25, -0.2) is 9.48 Å². The minimum absolute atomic E-state index is 0.334. The molecule has 1 aromatic carbocycles. The molecule has 0 saturated carbocycles. The highest BCUT2D eigenvalue weighted by Crippen LogP contribution is 2.37. The molecule has 110 valence electrons. The Balaban J connectivity index is 1.78. The number of hydrogen-bond acceptors (Lipinski definition) is 5. The summed E-state index contributed by atoms with van der Waals surface area (Å²) < 4.78 is 6.60. The van der Waals surface area contributed by atoms with Crippen LogP contribution in [0.2, 0.25) is 0 Å². The van der Waals surface area contributed by atoms with Crippen LogP contribution in [-0.4, -0.2) is 33.3 Å². The molecule has 2 aromatic rings. The minimum atomic E-state index is -0.416. The number of carbonyl (C=O) groups excluding carboxylic acids is 1. The zero-order chi connectivity index (χ0) is 14.8. The number of ether oxygens (including phenoxy) is 1. The van der Waals surface area contributed by atoms with Crippen molar-refractivity contribution in [1.82, 2.24) is 15.0 Å². The van der Waals surface area contributed by atoms with Gasteiger partial charge in [-0.05, 0) is 24.5 Å². The standard InChI is InChI=1S/C15H17N3O2S/c1-3-12-14(15(19)20-2)16-17-18(12)9-11-8-10-6-4-5-7-13(10)21-11/h4-7,11H,3,8-9H2,1-2H3. The summed E-state index contributed by atoms with van der Waals surface area (Å²) in [4.78, 5) is 13.0. The first-order valence-electron chi connectivity index (χ1n) is 6.98. The fraction of sp³-hybridized carbons (Fsp3) is 0.400. The van der Waals surface area contributed by atoms with Crippen molar-refractivity contribution in [1.29, 1.82) is 0 Å². The molecule has 0 N–H and O–H groups in total. The Morgan fingerprint density at radius 3 is 3.00 bits per heavy atom. The minimum Gasteiger partial charge on any atom is -0.464 e. The first kappa shape index (κ1) is 14.1. The molecule has 21 heavy (non-hydrogen) atoms. The summed E-state index contributed by atoms with van der Waals surface area (Å²) >= 11 is 1.87. The molecule has 2 heterocycles. The lowest BCUT2D eigenvalue weighted by Crippen LogP contribution is -2.16. The molecule has 0 amide bonds. The normalized spacial score (nSPS) is 16.8. The maximum absolute atomic E-state index is 11.7. The van der Waals surface area contributed by atoms with E-state index >= 15 is 0 Å². The third kappa shape index (κ3) is 2.68. The highest BCUT2D eigenvalue weighted by atomic mass is 32.2. The van der Waals surface area contributed by atoms with Gasteiger partial charge in [-0.3, -0.25) is 0 Å². The molecule has 1 aliphatic heterocycles. The Morgan fingerprint density at radius 2 is 2.29 bits per heavy atom. The Kier molecular flexibility index (Phi) is 3.96. The molecule has 0 bridgehead atoms. The molecule has 1 aliphatic rings. The lowest BCUT2D eigenvalue weighted by atomic mass is 10.1. The number of fused-ring (bicyclic) bond motifs is 1. The summed E-state index contributed by atoms with van der Waals surface area (Å²) in [6, 6.07) is 8.47. The highest BCUT2D eigenvalue weighted by Gasteiger charge is 2.25. The van der Waals surface area contributed by atoms with E-state index in [4.69, 9.17) is 4.74 Å². The number of nitrogens with zero attached hydrogens (tertiary/aromatic N) is 3. The van der Waals surface area contributed by atoms with Gasteiger partial charge in [0, 0.05) is 10.1 Å². The molecule has 0 radical (unpaired) electrons. The second-order valence-corrected chi connectivity index (χ2v) is 6.31. The largest absolute Gasteiger partial charge is 0.464 e. The van der Waals surface area contributed by atoms with E-state index in [1.807, 2.05) is 23.4 Å². The third-order valence-electron chi connectivity index (χ3n) is 3.64. The molecule has 1 aromatic heterocycles. The molecule has 5 nitrogen and oxygen atoms in total. The number of hydrogen-bond donors (Lipinski definition) is 0. The van der Waals surface area contributed by atoms with Crippen molar-refractivity contribution < 1.29 is 9.53 Å². The number of thioether (sulfide) groups is 1. The van der Waals surface area contributed by atoms with Crippen LogP contribution in [0, 0.1) is 0 Å². The summed E-state index contributed by atoms with van der Waals surface area (Å²) in [6.07, 6.45) is 1.74. The van der Waals surface area contributed by atoms with Gasteiger partial charge in [0.2, 0.25) is 0 Å². The number of benzene rings is 1. The Morgan fingerprint density at radius 1 is 1.48 bits per heavy atom. The summed E-state index contributed by atoms with van der Waals surface area (Å²) in [5.74, 6) is -0.416. The topological polar surface area (TPSA) is 57.0 Å². The monoisotopic (exact) mass is 303 g/mol. The van der Waals surface area contributed by atoms with Crippen LogP contribution in [0.5, 0.6) is 0 Å². The predicted octanol–water partition coefficient (Wildman–Crippen LogP) is 2.34. The summed E-state index contributed by atoms with van der Waals surface area (Å²) in [5.41, 5.74) is 2.57. The van der Waals surface area contributed by atoms with Crippen LogP contribution in [-0.2, 0) is 24.1 Å². The second kappa shape index (κ2) is 5.89. The van der Waals surface area contributed by atoms with Crippen molar-refractivity contribution in [2.45, 2.75) is 36.5 Å². The van der Waals surface area contributed by atoms with E-state index in [-0.39, 0.29) is 0 Å². The quantitative estimate of drug-likeness (QED) is 0.812. The maximum atomic E-state index is 11.7. The van der Waals surface area contributed by atoms with Gasteiger partial charge in [0.05, 0.1) is 19.3 Å². The molecular formula is C15H17N3O2S. The molecular weight excluding hydrogens is 286 g/mol. The van der Waals surface area contributed by atoms with E-state index in [9.17, 15) is 4.79 Å². The number of methoxy groups -OCH3 is 1. The third-order valence-corrected chi connectivity index (χ3v) is 4.94. The molecule has 0 fully saturated rings. The van der Waals surface area contributed by atoms with Crippen LogP contribution in [0.15, 0.2) is 29.2 Å². The SMILES string of the molecule is CCc1c(C(=O)OC)nnn1CC1Cc2ccccc2S1. The van der Waals surface area contributed by atoms with Crippen LogP contribution >= 0.6 is 11.8 Å². The Hall–Kier alpha value is -1.82. The van der Waals surface area contributed by atoms with Crippen LogP contribution in [0.4, 0.5) is 0 Å². The first-order valence-corrected chi connectivity index (χ1v) is 7.86. The fourth-order valence-electron chi connectivity index (χ4n) is 2.63. The lowest BCUT2D eigenvalue weighted by Gasteiger charge is -2.10. The molecule has 1 atom stereocenters. The number of carbonyl (C=O) groups is 1. The van der Waals surface area contributed by atoms with Crippen molar-refractivity contribution in [3.63, 3.8) is 0 Å². The zero-order valence-corrected chi connectivity index (χ0v) is 12.9. The van der Waals surface area contributed by atoms with Gasteiger partial charge < -0.3 is 4.74 Å². The summed E-state index contributed by atoms with van der Waals surface area (Å²) in [7, 11) is 1.37. The smallest absolute Gasteiger partial charge is 0.360 e. The Labute approximate surface area is 127 Å². The molecule has 6 heteroatoms. The fourth-order valence-corrected chi connectivity index (χ4v) is 3.93. The average Bonchev–Trinajstić information content (AvgIpc) is 3.09. The van der Waals surface area contributed by atoms with Crippen molar-refractivity contribution in [3.05, 3.63) is 41.2 Å². The van der Waals surface area contributed by atoms with E-state index in [0.29, 0.717) is 17.4 Å². The van der Waals surface area contributed by atoms with E-state index in [2.05, 4.69) is 34.6 Å². The molecule has 0 spiro atoms. The van der Waals surface area contributed by atoms with Crippen LogP contribution in [0.1, 0.15) is 28.7 Å². The van der Waals surface area contributed by atoms with Gasteiger partial charge in [-0.15, -0.1) is 16.9 Å². The Bertz CT molecular complexity index is 644. The summed E-state index contributed by atoms with van der Waals surface area (Å²) in [5, 5.41) is 8.54. The van der Waals surface area contributed by atoms with E-state index in [1.165, 1.54) is 17.6 Å². The van der Waals surface area contributed by atoms with Gasteiger partial charge in [0.15, 0.2) is 5.69 Å². The van der Waals surface area contributed by atoms with Crippen LogP contribution in [0.25, 0.3) is 0 Å². The van der Waals surface area contributed by atoms with E-state index < -0.39 is 5.97 Å². The lowest BCUT2D eigenvalue weighted by molar-refractivity contribution is 0.0592. The van der Waals surface area contributed by atoms with Gasteiger partial charge in [-0.2, -0.15) is 0 Å². The first-order chi connectivity index (χ1) is 10.2. The van der Waals surface area contributed by atoms with Gasteiger partial charge in [-0.1, -0.05) is 30.3 Å². The van der Waals surface area contributed by atoms with Crippen molar-refractivity contribution in [3.8, 4) is 0 Å². The van der Waals surface area contributed by atoms with Crippen molar-refractivity contribution in [2.75, 3.05) is 7.11 Å². The maximum Gasteiger partial charge on any atom is 0.360 e. The molecule has 1 unspecified atom stereocenters. The predicted molar refractivity (Wildman–Crippen MR) is 80.5 cm³/mol. The zero-order valence-electron chi connectivity index (χ0n) is 12.1. The van der Waals surface area contributed by atoms with Crippen LogP contribution < -0.4 is 0 Å². The molecule has 0 aliphatic carbocycles. The number of rotatable bonds is 4. The van der Waals surface area contributed by atoms with Gasteiger partial charge in [0.25, 0.3) is 0 Å². The van der Waals surface area contributed by atoms with Crippen LogP contribution in [0.3, 0.4) is 0 Å². The van der Waals surface area contributed by atoms with Crippen molar-refractivity contribution >= 4 is 17.7 Å². The average molecular weight is 303 g/mol.